The molecule has 1 fully saturated rings. The topological polar surface area (TPSA) is 86.5 Å². The summed E-state index contributed by atoms with van der Waals surface area (Å²) in [5, 5.41) is 3.13. The Hall–Kier alpha value is -4.16. The number of carbonyl (C=O) groups is 1. The number of benzene rings is 3. The molecule has 36 heavy (non-hydrogen) atoms. The fourth-order valence-corrected chi connectivity index (χ4v) is 4.47. The van der Waals surface area contributed by atoms with Gasteiger partial charge < -0.3 is 20.5 Å². The Bertz CT molecular complexity index is 1290. The van der Waals surface area contributed by atoms with Gasteiger partial charge in [0.2, 0.25) is 0 Å². The van der Waals surface area contributed by atoms with E-state index in [0.717, 1.165) is 47.5 Å². The highest BCUT2D eigenvalue weighted by molar-refractivity contribution is 5.99. The standard InChI is InChI=1S/C30H29N3O3/c31-29-26(30(34)33-27-12-7-13-28(27)35-20-21-8-3-1-4-9-21)18-23(19-32-29)22-14-16-25(17-15-22)36-24-10-5-2-6-11-24/h1-6,8-11,14-19,27-28H,7,12-13,20H2,(H2,31,32)(H,33,34)/t27-,28-/m0/s1. The summed E-state index contributed by atoms with van der Waals surface area (Å²) in [5.74, 6) is 1.48. The van der Waals surface area contributed by atoms with Crippen molar-refractivity contribution in [1.82, 2.24) is 10.3 Å². The molecule has 1 heterocycles. The van der Waals surface area contributed by atoms with Gasteiger partial charge in [-0.15, -0.1) is 0 Å². The SMILES string of the molecule is Nc1ncc(-c2ccc(Oc3ccccc3)cc2)cc1C(=O)N[C@H]1CCC[C@@H]1OCc1ccccc1. The molecule has 0 saturated heterocycles. The molecule has 0 radical (unpaired) electrons. The number of nitrogens with one attached hydrogen (secondary N) is 1. The number of rotatable bonds is 8. The van der Waals surface area contributed by atoms with Crippen molar-refractivity contribution >= 4 is 11.7 Å². The van der Waals surface area contributed by atoms with E-state index >= 15 is 0 Å². The van der Waals surface area contributed by atoms with Crippen molar-refractivity contribution in [2.75, 3.05) is 5.73 Å². The van der Waals surface area contributed by atoms with E-state index in [2.05, 4.69) is 10.3 Å². The van der Waals surface area contributed by atoms with Crippen LogP contribution in [0.2, 0.25) is 0 Å². The molecule has 182 valence electrons. The van der Waals surface area contributed by atoms with Crippen molar-refractivity contribution in [3.63, 3.8) is 0 Å². The van der Waals surface area contributed by atoms with E-state index in [-0.39, 0.29) is 23.9 Å². The number of aromatic nitrogens is 1. The van der Waals surface area contributed by atoms with E-state index in [1.54, 1.807) is 12.3 Å². The Morgan fingerprint density at radius 1 is 0.889 bits per heavy atom. The first-order chi connectivity index (χ1) is 17.7. The Labute approximate surface area is 211 Å². The van der Waals surface area contributed by atoms with E-state index in [1.807, 2.05) is 84.9 Å². The van der Waals surface area contributed by atoms with Crippen LogP contribution in [-0.4, -0.2) is 23.0 Å². The average molecular weight is 480 g/mol. The molecule has 0 spiro atoms. The van der Waals surface area contributed by atoms with Crippen LogP contribution in [0.25, 0.3) is 11.1 Å². The van der Waals surface area contributed by atoms with Crippen molar-refractivity contribution in [1.29, 1.82) is 0 Å². The number of ether oxygens (including phenoxy) is 2. The Kier molecular flexibility index (Phi) is 7.24. The minimum atomic E-state index is -0.230. The molecule has 0 unspecified atom stereocenters. The van der Waals surface area contributed by atoms with Crippen LogP contribution in [0.15, 0.2) is 97.2 Å². The maximum absolute atomic E-state index is 13.2. The third-order valence-electron chi connectivity index (χ3n) is 6.41. The summed E-state index contributed by atoms with van der Waals surface area (Å²) in [7, 11) is 0. The number of anilines is 1. The van der Waals surface area contributed by atoms with Gasteiger partial charge in [0.05, 0.1) is 24.3 Å². The lowest BCUT2D eigenvalue weighted by Gasteiger charge is -2.22. The highest BCUT2D eigenvalue weighted by Gasteiger charge is 2.30. The molecule has 1 aromatic heterocycles. The lowest BCUT2D eigenvalue weighted by molar-refractivity contribution is 0.0272. The van der Waals surface area contributed by atoms with Gasteiger partial charge >= 0.3 is 0 Å². The number of nitrogens with zero attached hydrogens (tertiary/aromatic N) is 1. The zero-order valence-corrected chi connectivity index (χ0v) is 20.0. The molecule has 3 N–H and O–H groups in total. The van der Waals surface area contributed by atoms with Crippen molar-refractivity contribution < 1.29 is 14.3 Å². The summed E-state index contributed by atoms with van der Waals surface area (Å²) in [5.41, 5.74) is 9.31. The summed E-state index contributed by atoms with van der Waals surface area (Å²) >= 11 is 0. The van der Waals surface area contributed by atoms with Crippen molar-refractivity contribution in [3.8, 4) is 22.6 Å². The van der Waals surface area contributed by atoms with Crippen LogP contribution < -0.4 is 15.8 Å². The number of hydrogen-bond donors (Lipinski definition) is 2. The maximum Gasteiger partial charge on any atom is 0.255 e. The van der Waals surface area contributed by atoms with Gasteiger partial charge in [-0.25, -0.2) is 4.98 Å². The van der Waals surface area contributed by atoms with Crippen LogP contribution in [0, 0.1) is 0 Å². The number of carbonyl (C=O) groups excluding carboxylic acids is 1. The number of hydrogen-bond acceptors (Lipinski definition) is 5. The molecule has 0 bridgehead atoms. The lowest BCUT2D eigenvalue weighted by Crippen LogP contribution is -2.41. The Morgan fingerprint density at radius 2 is 1.58 bits per heavy atom. The molecule has 0 aliphatic heterocycles. The number of nitrogens with two attached hydrogens (primary N) is 1. The molecule has 1 amide bonds. The van der Waals surface area contributed by atoms with Gasteiger partial charge in [0.25, 0.3) is 5.91 Å². The van der Waals surface area contributed by atoms with Gasteiger partial charge in [-0.05, 0) is 60.7 Å². The van der Waals surface area contributed by atoms with Crippen molar-refractivity contribution in [2.24, 2.45) is 0 Å². The van der Waals surface area contributed by atoms with Crippen LogP contribution in [0.1, 0.15) is 35.2 Å². The number of pyridine rings is 1. The number of nitrogen functional groups attached to an aromatic ring is 1. The quantitative estimate of drug-likeness (QED) is 0.324. The molecule has 2 atom stereocenters. The summed E-state index contributed by atoms with van der Waals surface area (Å²) in [6.07, 6.45) is 4.46. The van der Waals surface area contributed by atoms with Crippen LogP contribution in [0.5, 0.6) is 11.5 Å². The largest absolute Gasteiger partial charge is 0.457 e. The summed E-state index contributed by atoms with van der Waals surface area (Å²) in [6.45, 7) is 0.529. The first-order valence-electron chi connectivity index (χ1n) is 12.2. The number of amides is 1. The minimum absolute atomic E-state index is 0.0244. The fraction of sp³-hybridized carbons (Fsp3) is 0.200. The maximum atomic E-state index is 13.2. The molecule has 5 rings (SSSR count). The second-order valence-corrected chi connectivity index (χ2v) is 8.94. The van der Waals surface area contributed by atoms with E-state index in [1.165, 1.54) is 0 Å². The monoisotopic (exact) mass is 479 g/mol. The predicted molar refractivity (Wildman–Crippen MR) is 141 cm³/mol. The van der Waals surface area contributed by atoms with Gasteiger partial charge in [0.1, 0.15) is 17.3 Å². The van der Waals surface area contributed by atoms with Crippen molar-refractivity contribution in [3.05, 3.63) is 108 Å². The molecule has 1 aliphatic carbocycles. The minimum Gasteiger partial charge on any atom is -0.457 e. The van der Waals surface area contributed by atoms with Gasteiger partial charge in [-0.2, -0.15) is 0 Å². The van der Waals surface area contributed by atoms with Crippen LogP contribution in [-0.2, 0) is 11.3 Å². The molecule has 1 saturated carbocycles. The summed E-state index contributed by atoms with van der Waals surface area (Å²) in [6, 6.07) is 29.1. The second-order valence-electron chi connectivity index (χ2n) is 8.94. The highest BCUT2D eigenvalue weighted by Crippen LogP contribution is 2.28. The Balaban J connectivity index is 1.25. The third-order valence-corrected chi connectivity index (χ3v) is 6.41. The average Bonchev–Trinajstić information content (AvgIpc) is 3.36. The van der Waals surface area contributed by atoms with E-state index < -0.39 is 0 Å². The fourth-order valence-electron chi connectivity index (χ4n) is 4.47. The first-order valence-corrected chi connectivity index (χ1v) is 12.2. The predicted octanol–water partition coefficient (Wildman–Crippen LogP) is 5.99. The summed E-state index contributed by atoms with van der Waals surface area (Å²) < 4.78 is 12.0. The van der Waals surface area contributed by atoms with Crippen LogP contribution >= 0.6 is 0 Å². The van der Waals surface area contributed by atoms with Gasteiger partial charge in [-0.1, -0.05) is 60.7 Å². The van der Waals surface area contributed by atoms with E-state index in [4.69, 9.17) is 15.2 Å². The van der Waals surface area contributed by atoms with Crippen molar-refractivity contribution in [2.45, 2.75) is 38.0 Å². The summed E-state index contributed by atoms with van der Waals surface area (Å²) in [4.78, 5) is 17.5. The molecule has 1 aliphatic rings. The smallest absolute Gasteiger partial charge is 0.255 e. The molecular weight excluding hydrogens is 450 g/mol. The van der Waals surface area contributed by atoms with Crippen LogP contribution in [0.3, 0.4) is 0 Å². The van der Waals surface area contributed by atoms with Crippen LogP contribution in [0.4, 0.5) is 5.82 Å². The molecular formula is C30H29N3O3. The normalized spacial score (nSPS) is 17.0. The van der Waals surface area contributed by atoms with Gasteiger partial charge in [0.15, 0.2) is 0 Å². The Morgan fingerprint density at radius 3 is 2.33 bits per heavy atom. The second kappa shape index (κ2) is 11.1. The first kappa shape index (κ1) is 23.6. The van der Waals surface area contributed by atoms with E-state index in [9.17, 15) is 4.79 Å². The third kappa shape index (κ3) is 5.73. The van der Waals surface area contributed by atoms with Gasteiger partial charge in [-0.3, -0.25) is 4.79 Å². The zero-order valence-electron chi connectivity index (χ0n) is 20.0. The molecule has 6 heteroatoms. The lowest BCUT2D eigenvalue weighted by atomic mass is 10.0. The zero-order chi connectivity index (χ0) is 24.7. The molecule has 3 aromatic carbocycles. The molecule has 4 aromatic rings. The highest BCUT2D eigenvalue weighted by atomic mass is 16.5. The van der Waals surface area contributed by atoms with Gasteiger partial charge in [0, 0.05) is 11.8 Å². The van der Waals surface area contributed by atoms with E-state index in [0.29, 0.717) is 12.2 Å². The molecule has 6 nitrogen and oxygen atoms in total. The number of para-hydroxylation sites is 1.